The van der Waals surface area contributed by atoms with Gasteiger partial charge in [-0.3, -0.25) is 9.59 Å². The van der Waals surface area contributed by atoms with Crippen molar-refractivity contribution in [3.63, 3.8) is 0 Å². The molecule has 1 aliphatic rings. The molecule has 0 bridgehead atoms. The molecule has 0 aliphatic heterocycles. The molecule has 0 unspecified atom stereocenters. The van der Waals surface area contributed by atoms with E-state index in [0.29, 0.717) is 5.75 Å². The van der Waals surface area contributed by atoms with Gasteiger partial charge in [-0.1, -0.05) is 23.8 Å². The zero-order valence-corrected chi connectivity index (χ0v) is 17.7. The lowest BCUT2D eigenvalue weighted by Gasteiger charge is -2.27. The molecule has 3 rings (SSSR count). The van der Waals surface area contributed by atoms with Crippen LogP contribution in [0.25, 0.3) is 0 Å². The van der Waals surface area contributed by atoms with E-state index in [1.165, 1.54) is 5.56 Å². The number of anilines is 2. The van der Waals surface area contributed by atoms with Gasteiger partial charge in [0.05, 0.1) is 7.11 Å². The minimum absolute atomic E-state index is 0.0161. The van der Waals surface area contributed by atoms with Crippen LogP contribution in [0.1, 0.15) is 42.4 Å². The number of hydrogen-bond acceptors (Lipinski definition) is 3. The Morgan fingerprint density at radius 1 is 0.862 bits per heavy atom. The molecule has 1 saturated carbocycles. The van der Waals surface area contributed by atoms with Crippen molar-refractivity contribution in [2.24, 2.45) is 11.8 Å². The third kappa shape index (κ3) is 5.17. The van der Waals surface area contributed by atoms with Crippen molar-refractivity contribution in [1.82, 2.24) is 0 Å². The lowest BCUT2D eigenvalue weighted by atomic mass is 9.81. The van der Waals surface area contributed by atoms with E-state index in [-0.39, 0.29) is 23.7 Å². The van der Waals surface area contributed by atoms with Crippen LogP contribution in [0, 0.1) is 32.6 Å². The highest BCUT2D eigenvalue weighted by Gasteiger charge is 2.30. The van der Waals surface area contributed by atoms with Gasteiger partial charge in [0.15, 0.2) is 0 Å². The molecule has 2 aromatic rings. The summed E-state index contributed by atoms with van der Waals surface area (Å²) in [5.41, 5.74) is 5.02. The van der Waals surface area contributed by atoms with E-state index in [9.17, 15) is 9.59 Å². The van der Waals surface area contributed by atoms with Crippen molar-refractivity contribution in [3.05, 3.63) is 53.1 Å². The quantitative estimate of drug-likeness (QED) is 0.749. The number of amides is 2. The first-order valence-corrected chi connectivity index (χ1v) is 10.2. The van der Waals surface area contributed by atoms with E-state index in [1.807, 2.05) is 38.1 Å². The predicted molar refractivity (Wildman–Crippen MR) is 116 cm³/mol. The van der Waals surface area contributed by atoms with Gasteiger partial charge in [0.1, 0.15) is 5.75 Å². The fourth-order valence-electron chi connectivity index (χ4n) is 4.17. The minimum atomic E-state index is -0.0619. The molecule has 0 heterocycles. The molecular formula is C24H30N2O3. The van der Waals surface area contributed by atoms with Gasteiger partial charge in [-0.15, -0.1) is 0 Å². The average molecular weight is 395 g/mol. The van der Waals surface area contributed by atoms with E-state index in [4.69, 9.17) is 4.74 Å². The van der Waals surface area contributed by atoms with Gasteiger partial charge in [0.2, 0.25) is 11.8 Å². The monoisotopic (exact) mass is 394 g/mol. The summed E-state index contributed by atoms with van der Waals surface area (Å²) in [5.74, 6) is 0.683. The number of carbonyl (C=O) groups is 2. The van der Waals surface area contributed by atoms with Crippen LogP contribution in [0.5, 0.6) is 5.75 Å². The van der Waals surface area contributed by atoms with Crippen LogP contribution < -0.4 is 15.4 Å². The largest absolute Gasteiger partial charge is 0.497 e. The van der Waals surface area contributed by atoms with Crippen molar-refractivity contribution >= 4 is 23.2 Å². The van der Waals surface area contributed by atoms with Crippen molar-refractivity contribution in [1.29, 1.82) is 0 Å². The molecule has 0 saturated heterocycles. The standard InChI is InChI=1S/C24H30N2O3/c1-15-12-16(2)22(17(3)13-15)26-24(28)19-10-8-18(9-11-19)23(27)25-20-6-5-7-21(14-20)29-4/h5-7,12-14,18-19H,8-11H2,1-4H3,(H,25,27)(H,26,28). The minimum Gasteiger partial charge on any atom is -0.497 e. The zero-order chi connectivity index (χ0) is 21.0. The van der Waals surface area contributed by atoms with Crippen LogP contribution in [0.15, 0.2) is 36.4 Å². The first kappa shape index (κ1) is 20.9. The summed E-state index contributed by atoms with van der Waals surface area (Å²) in [6, 6.07) is 11.5. The lowest BCUT2D eigenvalue weighted by molar-refractivity contribution is -0.125. The normalized spacial score (nSPS) is 18.8. The molecule has 0 radical (unpaired) electrons. The van der Waals surface area contributed by atoms with E-state index >= 15 is 0 Å². The lowest BCUT2D eigenvalue weighted by Crippen LogP contribution is -2.32. The molecular weight excluding hydrogens is 364 g/mol. The SMILES string of the molecule is COc1cccc(NC(=O)C2CCC(C(=O)Nc3c(C)cc(C)cc3C)CC2)c1. The van der Waals surface area contributed by atoms with E-state index in [2.05, 4.69) is 29.7 Å². The molecule has 0 atom stereocenters. The molecule has 0 aromatic heterocycles. The number of methoxy groups -OCH3 is 1. The van der Waals surface area contributed by atoms with Crippen molar-refractivity contribution < 1.29 is 14.3 Å². The van der Waals surface area contributed by atoms with Gasteiger partial charge in [-0.25, -0.2) is 0 Å². The maximum Gasteiger partial charge on any atom is 0.227 e. The summed E-state index contributed by atoms with van der Waals surface area (Å²) in [4.78, 5) is 25.4. The fourth-order valence-corrected chi connectivity index (χ4v) is 4.17. The van der Waals surface area contributed by atoms with Crippen LogP contribution in [0.2, 0.25) is 0 Å². The third-order valence-electron chi connectivity index (χ3n) is 5.73. The molecule has 1 aliphatic carbocycles. The first-order chi connectivity index (χ1) is 13.9. The molecule has 5 nitrogen and oxygen atoms in total. The zero-order valence-electron chi connectivity index (χ0n) is 17.7. The average Bonchev–Trinajstić information content (AvgIpc) is 2.70. The number of aryl methyl sites for hydroxylation is 3. The summed E-state index contributed by atoms with van der Waals surface area (Å²) in [6.07, 6.45) is 2.90. The second-order valence-electron chi connectivity index (χ2n) is 8.03. The number of hydrogen-bond donors (Lipinski definition) is 2. The number of benzene rings is 2. The highest BCUT2D eigenvalue weighted by Crippen LogP contribution is 2.32. The molecule has 2 N–H and O–H groups in total. The maximum absolute atomic E-state index is 12.8. The van der Waals surface area contributed by atoms with Crippen LogP contribution in [0.4, 0.5) is 11.4 Å². The van der Waals surface area contributed by atoms with Crippen LogP contribution in [0.3, 0.4) is 0 Å². The third-order valence-corrected chi connectivity index (χ3v) is 5.73. The number of carbonyl (C=O) groups excluding carboxylic acids is 2. The second kappa shape index (κ2) is 9.12. The Hall–Kier alpha value is -2.82. The van der Waals surface area contributed by atoms with Crippen molar-refractivity contribution in [3.8, 4) is 5.75 Å². The predicted octanol–water partition coefficient (Wildman–Crippen LogP) is 5.00. The Morgan fingerprint density at radius 2 is 1.41 bits per heavy atom. The van der Waals surface area contributed by atoms with Gasteiger partial charge >= 0.3 is 0 Å². The molecule has 2 amide bonds. The molecule has 154 valence electrons. The van der Waals surface area contributed by atoms with Gasteiger partial charge in [-0.2, -0.15) is 0 Å². The van der Waals surface area contributed by atoms with Crippen LogP contribution >= 0.6 is 0 Å². The van der Waals surface area contributed by atoms with E-state index < -0.39 is 0 Å². The Bertz CT molecular complexity index is 876. The highest BCUT2D eigenvalue weighted by atomic mass is 16.5. The summed E-state index contributed by atoms with van der Waals surface area (Å²) in [6.45, 7) is 6.11. The van der Waals surface area contributed by atoms with E-state index in [0.717, 1.165) is 48.2 Å². The molecule has 5 heteroatoms. The smallest absolute Gasteiger partial charge is 0.227 e. The number of nitrogens with one attached hydrogen (secondary N) is 2. The topological polar surface area (TPSA) is 67.4 Å². The summed E-state index contributed by atoms with van der Waals surface area (Å²) < 4.78 is 5.20. The van der Waals surface area contributed by atoms with Gasteiger partial charge in [0.25, 0.3) is 0 Å². The van der Waals surface area contributed by atoms with Gasteiger partial charge in [0, 0.05) is 29.3 Å². The number of rotatable bonds is 5. The maximum atomic E-state index is 12.8. The van der Waals surface area contributed by atoms with E-state index in [1.54, 1.807) is 7.11 Å². The summed E-state index contributed by atoms with van der Waals surface area (Å²) in [5, 5.41) is 6.09. The molecule has 2 aromatic carbocycles. The molecule has 29 heavy (non-hydrogen) atoms. The molecule has 1 fully saturated rings. The van der Waals surface area contributed by atoms with Gasteiger partial charge in [-0.05, 0) is 69.7 Å². The van der Waals surface area contributed by atoms with Crippen molar-refractivity contribution in [2.75, 3.05) is 17.7 Å². The van der Waals surface area contributed by atoms with Crippen LogP contribution in [-0.4, -0.2) is 18.9 Å². The fraction of sp³-hybridized carbons (Fsp3) is 0.417. The Kier molecular flexibility index (Phi) is 6.57. The van der Waals surface area contributed by atoms with Crippen molar-refractivity contribution in [2.45, 2.75) is 46.5 Å². The number of ether oxygens (including phenoxy) is 1. The molecule has 0 spiro atoms. The Balaban J connectivity index is 1.54. The summed E-state index contributed by atoms with van der Waals surface area (Å²) >= 11 is 0. The highest BCUT2D eigenvalue weighted by molar-refractivity contribution is 5.95. The second-order valence-corrected chi connectivity index (χ2v) is 8.03. The summed E-state index contributed by atoms with van der Waals surface area (Å²) in [7, 11) is 1.60. The van der Waals surface area contributed by atoms with Gasteiger partial charge < -0.3 is 15.4 Å². The van der Waals surface area contributed by atoms with Crippen LogP contribution in [-0.2, 0) is 9.59 Å². The Labute approximate surface area is 172 Å². The Morgan fingerprint density at radius 3 is 1.97 bits per heavy atom. The first-order valence-electron chi connectivity index (χ1n) is 10.2.